The van der Waals surface area contributed by atoms with Crippen molar-refractivity contribution >= 4 is 17.7 Å². The molecule has 1 atom stereocenters. The van der Waals surface area contributed by atoms with Gasteiger partial charge in [0.25, 0.3) is 0 Å². The van der Waals surface area contributed by atoms with E-state index in [1.54, 1.807) is 0 Å². The van der Waals surface area contributed by atoms with Crippen LogP contribution in [0.3, 0.4) is 0 Å². The molecule has 1 saturated heterocycles. The van der Waals surface area contributed by atoms with Gasteiger partial charge in [-0.2, -0.15) is 0 Å². The molecular weight excluding hydrogens is 418 g/mol. The molecule has 3 rings (SSSR count). The number of aliphatic carboxylic acids is 1. The number of anilines is 1. The Hall–Kier alpha value is -2.15. The van der Waals surface area contributed by atoms with Gasteiger partial charge in [-0.05, 0) is 63.0 Å². The maximum absolute atomic E-state index is 11.0. The number of carbonyl (C=O) groups is 2. The fraction of sp³-hybridized carbons (Fsp3) is 0.731. The Bertz CT molecular complexity index is 666. The molecule has 0 aromatic carbocycles. The summed E-state index contributed by atoms with van der Waals surface area (Å²) in [5.41, 5.74) is 2.46. The molecule has 2 aliphatic rings. The molecule has 0 bridgehead atoms. The number of nitrogens with one attached hydrogen (secondary N) is 2. The fourth-order valence-corrected chi connectivity index (χ4v) is 3.88. The molecule has 0 radical (unpaired) electrons. The highest BCUT2D eigenvalue weighted by Crippen LogP contribution is 2.20. The zero-order valence-corrected chi connectivity index (χ0v) is 21.0. The van der Waals surface area contributed by atoms with E-state index in [-0.39, 0.29) is 5.91 Å². The maximum Gasteiger partial charge on any atom is 0.326 e. The van der Waals surface area contributed by atoms with Crippen LogP contribution in [0.4, 0.5) is 5.82 Å². The number of fused-ring (bicyclic) bond motifs is 1. The van der Waals surface area contributed by atoms with E-state index in [9.17, 15) is 9.59 Å². The van der Waals surface area contributed by atoms with Crippen LogP contribution in [0, 0.1) is 0 Å². The first kappa shape index (κ1) is 28.9. The van der Waals surface area contributed by atoms with Gasteiger partial charge >= 0.3 is 5.97 Å². The number of unbranched alkanes of at least 4 members (excludes halogenated alkanes) is 4. The lowest BCUT2D eigenvalue weighted by molar-refractivity contribution is -0.141. The number of pyridine rings is 1. The molecule has 1 fully saturated rings. The van der Waals surface area contributed by atoms with Crippen LogP contribution in [0.1, 0.15) is 96.2 Å². The van der Waals surface area contributed by atoms with Crippen molar-refractivity contribution in [3.05, 3.63) is 23.4 Å². The largest absolute Gasteiger partial charge is 0.480 e. The maximum atomic E-state index is 11.0. The number of rotatable bonds is 10. The van der Waals surface area contributed by atoms with Crippen LogP contribution >= 0.6 is 0 Å². The van der Waals surface area contributed by atoms with Crippen molar-refractivity contribution in [3.63, 3.8) is 0 Å². The molecule has 1 unspecified atom stereocenters. The molecule has 33 heavy (non-hydrogen) atoms. The Morgan fingerprint density at radius 1 is 1.06 bits per heavy atom. The average Bonchev–Trinajstić information content (AvgIpc) is 2.85. The van der Waals surface area contributed by atoms with Crippen LogP contribution in [0.5, 0.6) is 0 Å². The molecule has 0 saturated carbocycles. The second-order valence-corrected chi connectivity index (χ2v) is 8.41. The van der Waals surface area contributed by atoms with Crippen molar-refractivity contribution in [1.82, 2.24) is 10.3 Å². The van der Waals surface area contributed by atoms with Gasteiger partial charge in [0.15, 0.2) is 0 Å². The number of hydrogen-bond acceptors (Lipinski definition) is 5. The molecular formula is C26H45N3O4. The summed E-state index contributed by atoms with van der Waals surface area (Å²) < 4.78 is 5.07. The molecule has 1 aromatic rings. The highest BCUT2D eigenvalue weighted by Gasteiger charge is 2.17. The summed E-state index contributed by atoms with van der Waals surface area (Å²) in [6.07, 6.45) is 12.8. The molecule has 3 N–H and O–H groups in total. The van der Waals surface area contributed by atoms with E-state index in [2.05, 4.69) is 22.8 Å². The number of aryl methyl sites for hydroxylation is 2. The number of carbonyl (C=O) groups excluding carboxylic acids is 1. The van der Waals surface area contributed by atoms with Gasteiger partial charge in [0.05, 0.1) is 0 Å². The van der Waals surface area contributed by atoms with E-state index >= 15 is 0 Å². The van der Waals surface area contributed by atoms with Gasteiger partial charge < -0.3 is 20.5 Å². The second-order valence-electron chi connectivity index (χ2n) is 8.41. The number of carboxylic acids is 1. The first-order valence-corrected chi connectivity index (χ1v) is 12.9. The van der Waals surface area contributed by atoms with E-state index in [4.69, 9.17) is 14.8 Å². The number of aromatic nitrogens is 1. The summed E-state index contributed by atoms with van der Waals surface area (Å²) in [7, 11) is 0. The minimum Gasteiger partial charge on any atom is -0.480 e. The second kappa shape index (κ2) is 18.3. The summed E-state index contributed by atoms with van der Waals surface area (Å²) in [4.78, 5) is 26.7. The number of carboxylic acid groups (broad SMARTS) is 1. The van der Waals surface area contributed by atoms with Crippen molar-refractivity contribution in [2.45, 2.75) is 104 Å². The van der Waals surface area contributed by atoms with E-state index in [1.165, 1.54) is 38.2 Å². The number of hydrogen-bond donors (Lipinski definition) is 3. The fourth-order valence-electron chi connectivity index (χ4n) is 3.88. The molecule has 2 aliphatic heterocycles. The molecule has 7 nitrogen and oxygen atoms in total. The Morgan fingerprint density at radius 2 is 1.76 bits per heavy atom. The van der Waals surface area contributed by atoms with Gasteiger partial charge in [0.1, 0.15) is 11.9 Å². The van der Waals surface area contributed by atoms with Crippen LogP contribution in [0.2, 0.25) is 0 Å². The topological polar surface area (TPSA) is 101 Å². The molecule has 1 aromatic heterocycles. The van der Waals surface area contributed by atoms with Gasteiger partial charge in [0, 0.05) is 32.4 Å². The van der Waals surface area contributed by atoms with E-state index in [0.717, 1.165) is 76.2 Å². The Balaban J connectivity index is 0.000000578. The van der Waals surface area contributed by atoms with Crippen molar-refractivity contribution < 1.29 is 19.4 Å². The van der Waals surface area contributed by atoms with Crippen LogP contribution in [0.15, 0.2) is 12.1 Å². The molecule has 1 amide bonds. The van der Waals surface area contributed by atoms with Gasteiger partial charge in [0.2, 0.25) is 5.91 Å². The predicted molar refractivity (Wildman–Crippen MR) is 134 cm³/mol. The van der Waals surface area contributed by atoms with Crippen molar-refractivity contribution in [2.24, 2.45) is 0 Å². The summed E-state index contributed by atoms with van der Waals surface area (Å²) in [6.45, 7) is 8.36. The quantitative estimate of drug-likeness (QED) is 0.416. The lowest BCUT2D eigenvalue weighted by atomic mass is 10.0. The molecule has 0 spiro atoms. The lowest BCUT2D eigenvalue weighted by Crippen LogP contribution is -2.39. The predicted octanol–water partition coefficient (Wildman–Crippen LogP) is 5.13. The Labute approximate surface area is 200 Å². The third-order valence-electron chi connectivity index (χ3n) is 5.63. The van der Waals surface area contributed by atoms with Crippen LogP contribution < -0.4 is 10.6 Å². The molecule has 0 aliphatic carbocycles. The van der Waals surface area contributed by atoms with Gasteiger partial charge in [-0.3, -0.25) is 4.79 Å². The number of amides is 1. The third kappa shape index (κ3) is 13.2. The van der Waals surface area contributed by atoms with Gasteiger partial charge in [-0.1, -0.05) is 45.6 Å². The highest BCUT2D eigenvalue weighted by molar-refractivity contribution is 5.81. The standard InChI is InChI=1S/C19H29N3O3.C5H10O.C2H6/c1-14(23)21-17(19(24)25)10-6-4-2-3-5-9-16-12-11-15-8-7-13-20-18(15)22-16;1-2-4-6-5-3-1;1-2/h11-12,17H,2-10,13H2,1H3,(H,20,22)(H,21,23)(H,24,25);1-5H2;1-2H3. The summed E-state index contributed by atoms with van der Waals surface area (Å²) in [5.74, 6) is -0.192. The summed E-state index contributed by atoms with van der Waals surface area (Å²) in [6, 6.07) is 3.57. The third-order valence-corrected chi connectivity index (χ3v) is 5.63. The van der Waals surface area contributed by atoms with E-state index in [1.807, 2.05) is 13.8 Å². The van der Waals surface area contributed by atoms with Crippen molar-refractivity contribution in [1.29, 1.82) is 0 Å². The molecule has 188 valence electrons. The van der Waals surface area contributed by atoms with Gasteiger partial charge in [-0.25, -0.2) is 9.78 Å². The highest BCUT2D eigenvalue weighted by atomic mass is 16.5. The Kier molecular flexibility index (Phi) is 16.0. The summed E-state index contributed by atoms with van der Waals surface area (Å²) in [5, 5.41) is 14.9. The normalized spacial score (nSPS) is 15.4. The van der Waals surface area contributed by atoms with Crippen LogP contribution in [0.25, 0.3) is 0 Å². The van der Waals surface area contributed by atoms with Crippen molar-refractivity contribution in [3.8, 4) is 0 Å². The van der Waals surface area contributed by atoms with E-state index in [0.29, 0.717) is 6.42 Å². The van der Waals surface area contributed by atoms with Crippen LogP contribution in [-0.4, -0.2) is 47.8 Å². The SMILES string of the molecule is C1CCOCC1.CC.CC(=O)NC(CCCCCCCc1ccc2c(n1)NCCC2)C(=O)O. The first-order valence-electron chi connectivity index (χ1n) is 12.9. The van der Waals surface area contributed by atoms with Crippen molar-refractivity contribution in [2.75, 3.05) is 25.1 Å². The lowest BCUT2D eigenvalue weighted by Gasteiger charge is -2.17. The minimum absolute atomic E-state index is 0.292. The summed E-state index contributed by atoms with van der Waals surface area (Å²) >= 11 is 0. The minimum atomic E-state index is -0.956. The first-order chi connectivity index (χ1) is 16.1. The number of nitrogens with zero attached hydrogens (tertiary/aromatic N) is 1. The smallest absolute Gasteiger partial charge is 0.326 e. The average molecular weight is 464 g/mol. The zero-order valence-electron chi connectivity index (χ0n) is 21.0. The Morgan fingerprint density at radius 3 is 2.36 bits per heavy atom. The molecule has 3 heterocycles. The number of ether oxygens (including phenoxy) is 1. The monoisotopic (exact) mass is 463 g/mol. The van der Waals surface area contributed by atoms with Gasteiger partial charge in [-0.15, -0.1) is 0 Å². The van der Waals surface area contributed by atoms with Crippen LogP contribution in [-0.2, 0) is 27.2 Å². The molecule has 7 heteroatoms. The van der Waals surface area contributed by atoms with E-state index < -0.39 is 12.0 Å². The zero-order chi connectivity index (χ0) is 24.3.